The molecule has 0 aromatic heterocycles. The standard InChI is InChI=1S/C24H32N4O9.C2HF3O2/c25-8-2-10-34-12-14-36-15-13-35-11-3-9-26-24(33)37-18-5-1-4-16-20(18)23(32)28(22(16)31)17-6-7-19(29)27-21(17)30;3-2(4,5)1(6)7/h1,4-5,17H,2-3,6-15,25H2,(H,26,33)(H,27,29,30);(H,6,7). The SMILES string of the molecule is NCCCOCCOCCOCCCNC(=O)Oc1cccc2c1C(=O)N(C1CCC(=O)NC1=O)C2=O.O=C(O)C(F)(F)F. The van der Waals surface area contributed by atoms with E-state index in [1.165, 1.54) is 18.2 Å². The predicted octanol–water partition coefficient (Wildman–Crippen LogP) is 0.598. The van der Waals surface area contributed by atoms with Crippen LogP contribution in [-0.2, 0) is 28.6 Å². The molecule has 0 spiro atoms. The zero-order valence-corrected chi connectivity index (χ0v) is 23.5. The number of rotatable bonds is 15. The van der Waals surface area contributed by atoms with E-state index in [4.69, 9.17) is 34.6 Å². The number of hydrogen-bond donors (Lipinski definition) is 4. The van der Waals surface area contributed by atoms with Gasteiger partial charge >= 0.3 is 18.2 Å². The molecular weight excluding hydrogens is 601 g/mol. The maximum Gasteiger partial charge on any atom is 0.490 e. The van der Waals surface area contributed by atoms with Crippen LogP contribution in [0.3, 0.4) is 0 Å². The molecule has 1 atom stereocenters. The second kappa shape index (κ2) is 17.9. The van der Waals surface area contributed by atoms with Crippen molar-refractivity contribution in [2.45, 2.75) is 37.9 Å². The van der Waals surface area contributed by atoms with Gasteiger partial charge in [-0.3, -0.25) is 29.4 Å². The fourth-order valence-corrected chi connectivity index (χ4v) is 3.80. The molecule has 44 heavy (non-hydrogen) atoms. The maximum absolute atomic E-state index is 13.0. The van der Waals surface area contributed by atoms with E-state index in [2.05, 4.69) is 10.6 Å². The average molecular weight is 635 g/mol. The van der Waals surface area contributed by atoms with E-state index in [0.717, 1.165) is 11.3 Å². The number of imide groups is 2. The Labute approximate surface area is 249 Å². The number of carboxylic acid groups (broad SMARTS) is 1. The zero-order valence-electron chi connectivity index (χ0n) is 23.5. The largest absolute Gasteiger partial charge is 0.490 e. The van der Waals surface area contributed by atoms with E-state index >= 15 is 0 Å². The summed E-state index contributed by atoms with van der Waals surface area (Å²) >= 11 is 0. The molecule has 244 valence electrons. The van der Waals surface area contributed by atoms with Gasteiger partial charge in [-0.05, 0) is 37.9 Å². The summed E-state index contributed by atoms with van der Waals surface area (Å²) in [5, 5.41) is 11.8. The molecule has 1 aromatic rings. The summed E-state index contributed by atoms with van der Waals surface area (Å²) in [5.74, 6) is -5.46. The molecule has 0 bridgehead atoms. The lowest BCUT2D eigenvalue weighted by Gasteiger charge is -2.27. The molecule has 2 heterocycles. The van der Waals surface area contributed by atoms with Crippen LogP contribution in [0.1, 0.15) is 46.4 Å². The van der Waals surface area contributed by atoms with Crippen molar-refractivity contribution < 1.29 is 66.0 Å². The normalized spacial score (nSPS) is 16.2. The van der Waals surface area contributed by atoms with Crippen molar-refractivity contribution in [1.29, 1.82) is 0 Å². The fraction of sp³-hybridized carbons (Fsp3) is 0.538. The molecule has 0 radical (unpaired) electrons. The molecule has 5 N–H and O–H groups in total. The van der Waals surface area contributed by atoms with Crippen molar-refractivity contribution in [2.75, 3.05) is 52.7 Å². The Morgan fingerprint density at radius 3 is 2.14 bits per heavy atom. The van der Waals surface area contributed by atoms with Gasteiger partial charge in [-0.25, -0.2) is 9.59 Å². The van der Waals surface area contributed by atoms with Gasteiger partial charge in [0.1, 0.15) is 11.8 Å². The van der Waals surface area contributed by atoms with Crippen molar-refractivity contribution in [3.05, 3.63) is 29.3 Å². The van der Waals surface area contributed by atoms with Crippen LogP contribution in [-0.4, -0.2) is 111 Å². The highest BCUT2D eigenvalue weighted by Crippen LogP contribution is 2.33. The average Bonchev–Trinajstić information content (AvgIpc) is 3.21. The minimum Gasteiger partial charge on any atom is -0.475 e. The third-order valence-corrected chi connectivity index (χ3v) is 5.85. The number of nitrogens with one attached hydrogen (secondary N) is 2. The highest BCUT2D eigenvalue weighted by atomic mass is 19.4. The fourth-order valence-electron chi connectivity index (χ4n) is 3.80. The summed E-state index contributed by atoms with van der Waals surface area (Å²) in [6.07, 6.45) is -4.50. The Morgan fingerprint density at radius 2 is 1.57 bits per heavy atom. The number of halogens is 3. The number of nitrogens with zero attached hydrogens (tertiary/aromatic N) is 1. The number of benzene rings is 1. The minimum atomic E-state index is -5.08. The zero-order chi connectivity index (χ0) is 32.7. The molecule has 1 saturated heterocycles. The third kappa shape index (κ3) is 11.2. The lowest BCUT2D eigenvalue weighted by atomic mass is 10.0. The first-order chi connectivity index (χ1) is 20.9. The van der Waals surface area contributed by atoms with Gasteiger partial charge in [-0.15, -0.1) is 0 Å². The number of nitrogens with two attached hydrogens (primary N) is 1. The second-order valence-electron chi connectivity index (χ2n) is 9.08. The molecule has 1 fully saturated rings. The maximum atomic E-state index is 13.0. The highest BCUT2D eigenvalue weighted by Gasteiger charge is 2.46. The van der Waals surface area contributed by atoms with Crippen LogP contribution >= 0.6 is 0 Å². The molecule has 18 heteroatoms. The molecule has 1 unspecified atom stereocenters. The first-order valence-electron chi connectivity index (χ1n) is 13.4. The van der Waals surface area contributed by atoms with Crippen molar-refractivity contribution >= 4 is 35.7 Å². The quantitative estimate of drug-likeness (QED) is 0.154. The number of hydrogen-bond acceptors (Lipinski definition) is 11. The molecule has 2 aliphatic rings. The van der Waals surface area contributed by atoms with Gasteiger partial charge in [0, 0.05) is 26.2 Å². The number of piperidine rings is 1. The van der Waals surface area contributed by atoms with Crippen LogP contribution < -0.4 is 21.1 Å². The Balaban J connectivity index is 0.000000860. The monoisotopic (exact) mass is 634 g/mol. The Morgan fingerprint density at radius 1 is 0.977 bits per heavy atom. The van der Waals surface area contributed by atoms with E-state index in [9.17, 15) is 37.1 Å². The van der Waals surface area contributed by atoms with Crippen molar-refractivity contribution in [2.24, 2.45) is 5.73 Å². The van der Waals surface area contributed by atoms with Gasteiger partial charge in [-0.2, -0.15) is 13.2 Å². The summed E-state index contributed by atoms with van der Waals surface area (Å²) in [4.78, 5) is 71.4. The van der Waals surface area contributed by atoms with Crippen molar-refractivity contribution in [1.82, 2.24) is 15.5 Å². The number of amides is 5. The summed E-state index contributed by atoms with van der Waals surface area (Å²) < 4.78 is 53.1. The Bertz CT molecular complexity index is 1200. The number of fused-ring (bicyclic) bond motifs is 1. The third-order valence-electron chi connectivity index (χ3n) is 5.85. The topological polar surface area (TPSA) is 213 Å². The molecule has 2 aliphatic heterocycles. The Hall–Kier alpha value is -4.13. The van der Waals surface area contributed by atoms with Gasteiger partial charge in [0.25, 0.3) is 11.8 Å². The first kappa shape index (κ1) is 36.1. The van der Waals surface area contributed by atoms with E-state index < -0.39 is 47.9 Å². The van der Waals surface area contributed by atoms with Crippen molar-refractivity contribution in [3.63, 3.8) is 0 Å². The van der Waals surface area contributed by atoms with E-state index in [0.29, 0.717) is 52.6 Å². The van der Waals surface area contributed by atoms with Crippen molar-refractivity contribution in [3.8, 4) is 5.75 Å². The molecule has 15 nitrogen and oxygen atoms in total. The first-order valence-corrected chi connectivity index (χ1v) is 13.4. The van der Waals surface area contributed by atoms with E-state index in [-0.39, 0.29) is 36.3 Å². The second-order valence-corrected chi connectivity index (χ2v) is 9.08. The molecule has 0 saturated carbocycles. The highest BCUT2D eigenvalue weighted by molar-refractivity contribution is 6.24. The molecule has 5 amide bonds. The minimum absolute atomic E-state index is 0.0108. The van der Waals surface area contributed by atoms with Gasteiger partial charge in [0.05, 0.1) is 37.6 Å². The van der Waals surface area contributed by atoms with E-state index in [1.54, 1.807) is 0 Å². The van der Waals surface area contributed by atoms with Crippen LogP contribution in [0.4, 0.5) is 18.0 Å². The summed E-state index contributed by atoms with van der Waals surface area (Å²) in [5.41, 5.74) is 5.30. The van der Waals surface area contributed by atoms with Gasteiger partial charge in [0.15, 0.2) is 0 Å². The number of ether oxygens (including phenoxy) is 4. The molecule has 3 rings (SSSR count). The van der Waals surface area contributed by atoms with Crippen LogP contribution in [0, 0.1) is 0 Å². The summed E-state index contributed by atoms with van der Waals surface area (Å²) in [6.45, 7) is 3.69. The molecule has 0 aliphatic carbocycles. The molecule has 1 aromatic carbocycles. The summed E-state index contributed by atoms with van der Waals surface area (Å²) in [6, 6.07) is 3.18. The molecular formula is C26H33F3N4O11. The van der Waals surface area contributed by atoms with Crippen LogP contribution in [0.5, 0.6) is 5.75 Å². The van der Waals surface area contributed by atoms with Crippen LogP contribution in [0.25, 0.3) is 0 Å². The summed E-state index contributed by atoms with van der Waals surface area (Å²) in [7, 11) is 0. The number of carbonyl (C=O) groups excluding carboxylic acids is 5. The van der Waals surface area contributed by atoms with Crippen LogP contribution in [0.2, 0.25) is 0 Å². The number of carbonyl (C=O) groups is 6. The lowest BCUT2D eigenvalue weighted by molar-refractivity contribution is -0.192. The number of aliphatic carboxylic acids is 1. The lowest BCUT2D eigenvalue weighted by Crippen LogP contribution is -2.54. The van der Waals surface area contributed by atoms with Gasteiger partial charge in [-0.1, -0.05) is 6.07 Å². The predicted molar refractivity (Wildman–Crippen MR) is 142 cm³/mol. The number of carboxylic acids is 1. The number of alkyl halides is 3. The van der Waals surface area contributed by atoms with Crippen LogP contribution in [0.15, 0.2) is 18.2 Å². The Kier molecular flexibility index (Phi) is 14.6. The smallest absolute Gasteiger partial charge is 0.475 e. The van der Waals surface area contributed by atoms with Gasteiger partial charge in [0.2, 0.25) is 11.8 Å². The van der Waals surface area contributed by atoms with E-state index in [1.807, 2.05) is 0 Å². The van der Waals surface area contributed by atoms with Gasteiger partial charge < -0.3 is 35.1 Å².